The van der Waals surface area contributed by atoms with Gasteiger partial charge in [0.1, 0.15) is 0 Å². The zero-order chi connectivity index (χ0) is 13.0. The summed E-state index contributed by atoms with van der Waals surface area (Å²) in [6, 6.07) is 4.09. The Bertz CT molecular complexity index is 394. The van der Waals surface area contributed by atoms with Crippen LogP contribution in [0.1, 0.15) is 38.2 Å². The van der Waals surface area contributed by atoms with Crippen LogP contribution in [0.15, 0.2) is 18.3 Å². The minimum atomic E-state index is 0.244. The highest BCUT2D eigenvalue weighted by Gasteiger charge is 2.34. The molecule has 1 aliphatic rings. The first-order valence-electron chi connectivity index (χ1n) is 6.87. The SMILES string of the molecule is COc1ncccc1CC1(CN)CCCC(C)C1. The first-order chi connectivity index (χ1) is 8.69. The van der Waals surface area contributed by atoms with E-state index in [1.54, 1.807) is 13.3 Å². The predicted molar refractivity (Wildman–Crippen MR) is 73.6 cm³/mol. The van der Waals surface area contributed by atoms with Crippen molar-refractivity contribution in [2.45, 2.75) is 39.0 Å². The molecule has 1 aliphatic carbocycles. The molecule has 0 bridgehead atoms. The summed E-state index contributed by atoms with van der Waals surface area (Å²) in [6.07, 6.45) is 7.85. The summed E-state index contributed by atoms with van der Waals surface area (Å²) in [6.45, 7) is 3.10. The van der Waals surface area contributed by atoms with E-state index >= 15 is 0 Å². The highest BCUT2D eigenvalue weighted by atomic mass is 16.5. The number of rotatable bonds is 4. The predicted octanol–water partition coefficient (Wildman–Crippen LogP) is 2.79. The Hall–Kier alpha value is -1.09. The zero-order valence-electron chi connectivity index (χ0n) is 11.5. The maximum Gasteiger partial charge on any atom is 0.216 e. The Labute approximate surface area is 110 Å². The molecule has 0 aliphatic heterocycles. The molecule has 0 amide bonds. The van der Waals surface area contributed by atoms with Crippen molar-refractivity contribution in [1.29, 1.82) is 0 Å². The van der Waals surface area contributed by atoms with Crippen molar-refractivity contribution in [2.75, 3.05) is 13.7 Å². The second-order valence-corrected chi connectivity index (χ2v) is 5.75. The van der Waals surface area contributed by atoms with Gasteiger partial charge in [0.2, 0.25) is 5.88 Å². The molecule has 1 saturated carbocycles. The maximum absolute atomic E-state index is 6.08. The third-order valence-electron chi connectivity index (χ3n) is 4.23. The van der Waals surface area contributed by atoms with E-state index in [9.17, 15) is 0 Å². The van der Waals surface area contributed by atoms with E-state index in [1.807, 2.05) is 6.07 Å². The van der Waals surface area contributed by atoms with Crippen molar-refractivity contribution in [1.82, 2.24) is 4.98 Å². The Morgan fingerprint density at radius 2 is 2.39 bits per heavy atom. The summed E-state index contributed by atoms with van der Waals surface area (Å²) in [5.41, 5.74) is 7.52. The smallest absolute Gasteiger partial charge is 0.216 e. The van der Waals surface area contributed by atoms with Crippen molar-refractivity contribution >= 4 is 0 Å². The summed E-state index contributed by atoms with van der Waals surface area (Å²) >= 11 is 0. The van der Waals surface area contributed by atoms with Crippen LogP contribution in [0.2, 0.25) is 0 Å². The van der Waals surface area contributed by atoms with Gasteiger partial charge in [-0.15, -0.1) is 0 Å². The van der Waals surface area contributed by atoms with Gasteiger partial charge in [0.05, 0.1) is 7.11 Å². The van der Waals surface area contributed by atoms with Crippen molar-refractivity contribution in [3.63, 3.8) is 0 Å². The van der Waals surface area contributed by atoms with Crippen LogP contribution in [0, 0.1) is 11.3 Å². The molecule has 0 saturated heterocycles. The van der Waals surface area contributed by atoms with Gasteiger partial charge < -0.3 is 10.5 Å². The van der Waals surface area contributed by atoms with Crippen LogP contribution >= 0.6 is 0 Å². The molecule has 2 N–H and O–H groups in total. The van der Waals surface area contributed by atoms with E-state index in [0.717, 1.165) is 24.8 Å². The van der Waals surface area contributed by atoms with Crippen LogP contribution in [0.5, 0.6) is 5.88 Å². The summed E-state index contributed by atoms with van der Waals surface area (Å²) in [5, 5.41) is 0. The van der Waals surface area contributed by atoms with Crippen LogP contribution in [0.3, 0.4) is 0 Å². The van der Waals surface area contributed by atoms with Crippen LogP contribution in [-0.4, -0.2) is 18.6 Å². The van der Waals surface area contributed by atoms with Crippen molar-refractivity contribution < 1.29 is 4.74 Å². The van der Waals surface area contributed by atoms with Gasteiger partial charge in [-0.2, -0.15) is 0 Å². The van der Waals surface area contributed by atoms with Crippen LogP contribution in [0.25, 0.3) is 0 Å². The fourth-order valence-electron chi connectivity index (χ4n) is 3.33. The van der Waals surface area contributed by atoms with Crippen molar-refractivity contribution in [3.05, 3.63) is 23.9 Å². The largest absolute Gasteiger partial charge is 0.481 e. The lowest BCUT2D eigenvalue weighted by atomic mass is 9.67. The van der Waals surface area contributed by atoms with Crippen molar-refractivity contribution in [3.8, 4) is 5.88 Å². The topological polar surface area (TPSA) is 48.1 Å². The van der Waals surface area contributed by atoms with Crippen molar-refractivity contribution in [2.24, 2.45) is 17.1 Å². The first kappa shape index (κ1) is 13.3. The molecule has 100 valence electrons. The summed E-state index contributed by atoms with van der Waals surface area (Å²) < 4.78 is 5.35. The second-order valence-electron chi connectivity index (χ2n) is 5.75. The van der Waals surface area contributed by atoms with Gasteiger partial charge in [-0.3, -0.25) is 0 Å². The average molecular weight is 248 g/mol. The molecular weight excluding hydrogens is 224 g/mol. The monoisotopic (exact) mass is 248 g/mol. The van der Waals surface area contributed by atoms with Gasteiger partial charge in [0, 0.05) is 11.8 Å². The van der Waals surface area contributed by atoms with Crippen LogP contribution in [-0.2, 0) is 6.42 Å². The molecule has 0 radical (unpaired) electrons. The Balaban J connectivity index is 2.19. The molecule has 3 nitrogen and oxygen atoms in total. The number of hydrogen-bond acceptors (Lipinski definition) is 3. The van der Waals surface area contributed by atoms with E-state index in [2.05, 4.69) is 18.0 Å². The molecule has 2 atom stereocenters. The van der Waals surface area contributed by atoms with Crippen LogP contribution < -0.4 is 10.5 Å². The second kappa shape index (κ2) is 5.70. The molecule has 3 heteroatoms. The number of pyridine rings is 1. The highest BCUT2D eigenvalue weighted by molar-refractivity contribution is 5.27. The Kier molecular flexibility index (Phi) is 4.23. The number of hydrogen-bond donors (Lipinski definition) is 1. The fraction of sp³-hybridized carbons (Fsp3) is 0.667. The summed E-state index contributed by atoms with van der Waals surface area (Å²) in [7, 11) is 1.68. The van der Waals surface area contributed by atoms with Gasteiger partial charge in [0.25, 0.3) is 0 Å². The molecular formula is C15H24N2O. The number of nitrogens with zero attached hydrogens (tertiary/aromatic N) is 1. The molecule has 1 aromatic heterocycles. The maximum atomic E-state index is 6.08. The van der Waals surface area contributed by atoms with Gasteiger partial charge >= 0.3 is 0 Å². The molecule has 1 aromatic rings. The minimum Gasteiger partial charge on any atom is -0.481 e. The molecule has 0 spiro atoms. The normalized spacial score (nSPS) is 28.1. The van der Waals surface area contributed by atoms with Gasteiger partial charge in [0.15, 0.2) is 0 Å². The number of methoxy groups -OCH3 is 1. The van der Waals surface area contributed by atoms with E-state index in [0.29, 0.717) is 0 Å². The van der Waals surface area contributed by atoms with Gasteiger partial charge in [-0.05, 0) is 43.2 Å². The van der Waals surface area contributed by atoms with E-state index in [4.69, 9.17) is 10.5 Å². The summed E-state index contributed by atoms with van der Waals surface area (Å²) in [4.78, 5) is 4.28. The van der Waals surface area contributed by atoms with E-state index < -0.39 is 0 Å². The first-order valence-corrected chi connectivity index (χ1v) is 6.87. The molecule has 0 aromatic carbocycles. The minimum absolute atomic E-state index is 0.244. The highest BCUT2D eigenvalue weighted by Crippen LogP contribution is 2.42. The average Bonchev–Trinajstić information content (AvgIpc) is 2.39. The number of ether oxygens (including phenoxy) is 1. The zero-order valence-corrected chi connectivity index (χ0v) is 11.5. The van der Waals surface area contributed by atoms with E-state index in [-0.39, 0.29) is 5.41 Å². The Morgan fingerprint density at radius 3 is 3.06 bits per heavy atom. The summed E-state index contributed by atoms with van der Waals surface area (Å²) in [5.74, 6) is 1.54. The van der Waals surface area contributed by atoms with Crippen LogP contribution in [0.4, 0.5) is 0 Å². The fourth-order valence-corrected chi connectivity index (χ4v) is 3.33. The van der Waals surface area contributed by atoms with Gasteiger partial charge in [-0.1, -0.05) is 25.8 Å². The third-order valence-corrected chi connectivity index (χ3v) is 4.23. The number of nitrogens with two attached hydrogens (primary N) is 1. The lowest BCUT2D eigenvalue weighted by Crippen LogP contribution is -2.37. The molecule has 18 heavy (non-hydrogen) atoms. The lowest BCUT2D eigenvalue weighted by molar-refractivity contribution is 0.152. The standard InChI is InChI=1S/C15H24N2O/c1-12-5-3-7-15(9-12,11-16)10-13-6-4-8-17-14(13)18-2/h4,6,8,12H,3,5,7,9-11,16H2,1-2H3. The molecule has 1 fully saturated rings. The van der Waals surface area contributed by atoms with Gasteiger partial charge in [-0.25, -0.2) is 4.98 Å². The third kappa shape index (κ3) is 2.83. The molecule has 2 unspecified atom stereocenters. The number of aromatic nitrogens is 1. The Morgan fingerprint density at radius 1 is 1.56 bits per heavy atom. The quantitative estimate of drug-likeness (QED) is 0.891. The molecule has 2 rings (SSSR count). The lowest BCUT2D eigenvalue weighted by Gasteiger charge is -2.39. The van der Waals surface area contributed by atoms with E-state index in [1.165, 1.54) is 31.2 Å². The molecule has 1 heterocycles.